The van der Waals surface area contributed by atoms with E-state index in [9.17, 15) is 4.79 Å². The number of aromatic nitrogens is 1. The molecular formula is C34H54FN7O4. The number of carbonyl (C=O) groups is 1. The lowest BCUT2D eigenvalue weighted by Gasteiger charge is -2.49. The first-order valence-electron chi connectivity index (χ1n) is 16.4. The number of nitrogens with zero attached hydrogens (tertiary/aromatic N) is 6. The van der Waals surface area contributed by atoms with Gasteiger partial charge in [-0.25, -0.2) is 19.4 Å². The topological polar surface area (TPSA) is 99.9 Å². The third-order valence-electron chi connectivity index (χ3n) is 8.49. The fraction of sp³-hybridized carbons (Fsp3) is 0.647. The quantitative estimate of drug-likeness (QED) is 0.309. The second-order valence-electron chi connectivity index (χ2n) is 13.5. The number of halogens is 1. The van der Waals surface area contributed by atoms with E-state index in [4.69, 9.17) is 24.9 Å². The van der Waals surface area contributed by atoms with E-state index in [0.29, 0.717) is 36.4 Å². The van der Waals surface area contributed by atoms with E-state index in [0.717, 1.165) is 39.3 Å². The first kappa shape index (κ1) is 36.0. The number of hydrazine groups is 1. The third kappa shape index (κ3) is 9.14. The van der Waals surface area contributed by atoms with Crippen molar-refractivity contribution in [2.75, 3.05) is 78.0 Å². The molecule has 0 radical (unpaired) electrons. The first-order chi connectivity index (χ1) is 21.7. The SMILES string of the molecule is CCOC(CN(Cc1nc(N2CC(N3CCN(N(C)C)CC3)C2)ccc1F)C(=O)[C@@](C)(N)c1ccc(OC(C)(C)C)cc1)OCC. The zero-order valence-electron chi connectivity index (χ0n) is 29.0. The summed E-state index contributed by atoms with van der Waals surface area (Å²) in [6.45, 7) is 17.8. The molecule has 0 saturated carbocycles. The summed E-state index contributed by atoms with van der Waals surface area (Å²) >= 11 is 0. The molecule has 46 heavy (non-hydrogen) atoms. The molecule has 1 aromatic heterocycles. The average molecular weight is 644 g/mol. The standard InChI is InChI=1S/C34H54FN7O4/c1-9-44-31(45-10-2)24-41(32(43)34(6,36)25-11-13-27(14-12-25)46-33(3,4)5)23-29-28(35)15-16-30(37-29)40-21-26(22-40)39-17-19-42(20-18-39)38(7)8/h11-16,26,31H,9-10,17-24,36H2,1-8H3/t34-/m0/s1. The number of amides is 1. The molecule has 0 aliphatic carbocycles. The van der Waals surface area contributed by atoms with Crippen molar-refractivity contribution >= 4 is 11.7 Å². The van der Waals surface area contributed by atoms with E-state index in [1.54, 1.807) is 37.3 Å². The minimum Gasteiger partial charge on any atom is -0.488 e. The lowest BCUT2D eigenvalue weighted by atomic mass is 9.91. The summed E-state index contributed by atoms with van der Waals surface area (Å²) in [7, 11) is 4.16. The molecular weight excluding hydrogens is 589 g/mol. The number of benzene rings is 1. The number of hydrogen-bond acceptors (Lipinski definition) is 10. The fourth-order valence-corrected chi connectivity index (χ4v) is 5.89. The maximum atomic E-state index is 15.3. The van der Waals surface area contributed by atoms with Crippen LogP contribution in [-0.4, -0.2) is 122 Å². The summed E-state index contributed by atoms with van der Waals surface area (Å²) in [6.07, 6.45) is -0.701. The van der Waals surface area contributed by atoms with Crippen LogP contribution in [0.5, 0.6) is 5.75 Å². The molecule has 2 aliphatic rings. The number of pyridine rings is 1. The second-order valence-corrected chi connectivity index (χ2v) is 13.5. The van der Waals surface area contributed by atoms with E-state index >= 15 is 4.39 Å². The molecule has 1 atom stereocenters. The Morgan fingerprint density at radius 2 is 1.61 bits per heavy atom. The number of carbonyl (C=O) groups excluding carboxylic acids is 1. The largest absolute Gasteiger partial charge is 0.488 e. The first-order valence-corrected chi connectivity index (χ1v) is 16.4. The Balaban J connectivity index is 1.51. The second kappa shape index (κ2) is 15.4. The highest BCUT2D eigenvalue weighted by Crippen LogP contribution is 2.28. The molecule has 0 bridgehead atoms. The highest BCUT2D eigenvalue weighted by atomic mass is 19.1. The third-order valence-corrected chi connectivity index (χ3v) is 8.49. The van der Waals surface area contributed by atoms with Crippen LogP contribution in [0.25, 0.3) is 0 Å². The lowest BCUT2D eigenvalue weighted by Crippen LogP contribution is -2.64. The molecule has 2 N–H and O–H groups in total. The molecule has 3 heterocycles. The van der Waals surface area contributed by atoms with Gasteiger partial charge in [-0.15, -0.1) is 0 Å². The normalized spacial score (nSPS) is 18.1. The number of nitrogens with two attached hydrogens (primary N) is 1. The van der Waals surface area contributed by atoms with Crippen molar-refractivity contribution in [2.45, 2.75) is 71.6 Å². The van der Waals surface area contributed by atoms with Gasteiger partial charge in [-0.3, -0.25) is 9.69 Å². The number of anilines is 1. The van der Waals surface area contributed by atoms with Crippen molar-refractivity contribution < 1.29 is 23.4 Å². The lowest BCUT2D eigenvalue weighted by molar-refractivity contribution is -0.163. The molecule has 2 aliphatic heterocycles. The maximum absolute atomic E-state index is 15.3. The Bertz CT molecular complexity index is 1270. The fourth-order valence-electron chi connectivity index (χ4n) is 5.89. The highest BCUT2D eigenvalue weighted by molar-refractivity contribution is 5.87. The Kier molecular flexibility index (Phi) is 12.0. The van der Waals surface area contributed by atoms with Gasteiger partial charge in [0.2, 0.25) is 5.91 Å². The van der Waals surface area contributed by atoms with Crippen LogP contribution in [0.15, 0.2) is 36.4 Å². The van der Waals surface area contributed by atoms with Crippen molar-refractivity contribution in [2.24, 2.45) is 5.73 Å². The number of piperazine rings is 1. The highest BCUT2D eigenvalue weighted by Gasteiger charge is 2.38. The minimum absolute atomic E-state index is 0.0641. The minimum atomic E-state index is -1.42. The van der Waals surface area contributed by atoms with Crippen LogP contribution in [0.1, 0.15) is 52.8 Å². The molecule has 4 rings (SSSR count). The Labute approximate surface area is 274 Å². The summed E-state index contributed by atoms with van der Waals surface area (Å²) in [5, 5.41) is 4.50. The van der Waals surface area contributed by atoms with E-state index in [1.807, 2.05) is 34.6 Å². The van der Waals surface area contributed by atoms with Crippen LogP contribution in [0.4, 0.5) is 10.2 Å². The number of rotatable bonds is 14. The van der Waals surface area contributed by atoms with Gasteiger partial charge in [-0.05, 0) is 71.4 Å². The summed E-state index contributed by atoms with van der Waals surface area (Å²) in [5.74, 6) is 0.499. The molecule has 12 heteroatoms. The van der Waals surface area contributed by atoms with Crippen molar-refractivity contribution in [1.82, 2.24) is 24.8 Å². The molecule has 0 unspecified atom stereocenters. The van der Waals surface area contributed by atoms with Crippen molar-refractivity contribution in [3.8, 4) is 5.75 Å². The number of ether oxygens (including phenoxy) is 3. The van der Waals surface area contributed by atoms with Crippen LogP contribution in [0.2, 0.25) is 0 Å². The Morgan fingerprint density at radius 1 is 1.00 bits per heavy atom. The smallest absolute Gasteiger partial charge is 0.247 e. The van der Waals surface area contributed by atoms with E-state index in [-0.39, 0.29) is 24.4 Å². The predicted molar refractivity (Wildman–Crippen MR) is 178 cm³/mol. The van der Waals surface area contributed by atoms with Gasteiger partial charge in [0, 0.05) is 72.6 Å². The van der Waals surface area contributed by atoms with Crippen molar-refractivity contribution in [3.63, 3.8) is 0 Å². The van der Waals surface area contributed by atoms with Gasteiger partial charge >= 0.3 is 0 Å². The van der Waals surface area contributed by atoms with Gasteiger partial charge in [-0.2, -0.15) is 0 Å². The van der Waals surface area contributed by atoms with Gasteiger partial charge in [0.25, 0.3) is 0 Å². The summed E-state index contributed by atoms with van der Waals surface area (Å²) < 4.78 is 32.8. The molecule has 256 valence electrons. The van der Waals surface area contributed by atoms with Crippen LogP contribution < -0.4 is 15.4 Å². The summed E-state index contributed by atoms with van der Waals surface area (Å²) in [6, 6.07) is 10.8. The zero-order valence-corrected chi connectivity index (χ0v) is 29.0. The van der Waals surface area contributed by atoms with Crippen molar-refractivity contribution in [1.29, 1.82) is 0 Å². The van der Waals surface area contributed by atoms with Gasteiger partial charge < -0.3 is 29.7 Å². The van der Waals surface area contributed by atoms with Crippen LogP contribution >= 0.6 is 0 Å². The molecule has 11 nitrogen and oxygen atoms in total. The predicted octanol–water partition coefficient (Wildman–Crippen LogP) is 3.28. The van der Waals surface area contributed by atoms with Gasteiger partial charge in [0.15, 0.2) is 6.29 Å². The van der Waals surface area contributed by atoms with Crippen LogP contribution in [0.3, 0.4) is 0 Å². The van der Waals surface area contributed by atoms with Crippen LogP contribution in [0, 0.1) is 5.82 Å². The van der Waals surface area contributed by atoms with Crippen molar-refractivity contribution in [3.05, 3.63) is 53.5 Å². The molecule has 1 aromatic carbocycles. The Morgan fingerprint density at radius 3 is 2.15 bits per heavy atom. The van der Waals surface area contributed by atoms with Gasteiger partial charge in [-0.1, -0.05) is 12.1 Å². The van der Waals surface area contributed by atoms with Gasteiger partial charge in [0.1, 0.15) is 28.5 Å². The van der Waals surface area contributed by atoms with Gasteiger partial charge in [0.05, 0.1) is 18.8 Å². The molecule has 2 saturated heterocycles. The number of hydrogen-bond donors (Lipinski definition) is 1. The molecule has 1 amide bonds. The zero-order chi connectivity index (χ0) is 33.6. The Hall–Kier alpha value is -2.87. The average Bonchev–Trinajstić information content (AvgIpc) is 2.97. The molecule has 0 spiro atoms. The molecule has 2 aromatic rings. The van der Waals surface area contributed by atoms with E-state index < -0.39 is 23.6 Å². The van der Waals surface area contributed by atoms with E-state index in [2.05, 4.69) is 33.9 Å². The maximum Gasteiger partial charge on any atom is 0.247 e. The molecule has 2 fully saturated rings. The summed E-state index contributed by atoms with van der Waals surface area (Å²) in [5.41, 5.74) is 5.74. The van der Waals surface area contributed by atoms with Crippen LogP contribution in [-0.2, 0) is 26.4 Å². The monoisotopic (exact) mass is 643 g/mol. The summed E-state index contributed by atoms with van der Waals surface area (Å²) in [4.78, 5) is 25.1. The van der Waals surface area contributed by atoms with E-state index in [1.165, 1.54) is 11.0 Å².